The number of allylic oxidation sites excluding steroid dienone is 2. The van der Waals surface area contributed by atoms with E-state index < -0.39 is 11.3 Å². The Bertz CT molecular complexity index is 971. The number of rotatable bonds is 1. The molecule has 4 atom stereocenters. The van der Waals surface area contributed by atoms with Gasteiger partial charge in [-0.05, 0) is 43.2 Å². The van der Waals surface area contributed by atoms with Crippen LogP contribution < -0.4 is 5.73 Å². The molecule has 0 saturated carbocycles. The zero-order chi connectivity index (χ0) is 19.3. The van der Waals surface area contributed by atoms with Crippen LogP contribution >= 0.6 is 15.9 Å². The molecule has 1 saturated heterocycles. The van der Waals surface area contributed by atoms with Crippen molar-refractivity contribution in [1.82, 2.24) is 4.90 Å². The van der Waals surface area contributed by atoms with Crippen molar-refractivity contribution in [2.75, 3.05) is 7.05 Å². The van der Waals surface area contributed by atoms with Crippen molar-refractivity contribution in [3.8, 4) is 18.2 Å². The lowest BCUT2D eigenvalue weighted by Crippen LogP contribution is -2.51. The molecule has 5 nitrogen and oxygen atoms in total. The Morgan fingerprint density at radius 3 is 2.41 bits per heavy atom. The van der Waals surface area contributed by atoms with Crippen LogP contribution in [0.1, 0.15) is 24.3 Å². The van der Waals surface area contributed by atoms with E-state index in [1.54, 1.807) is 0 Å². The Hall–Kier alpha value is -2.59. The van der Waals surface area contributed by atoms with E-state index in [4.69, 9.17) is 5.73 Å². The fraction of sp³-hybridized carbons (Fsp3) is 0.381. The van der Waals surface area contributed by atoms with Gasteiger partial charge < -0.3 is 5.73 Å². The van der Waals surface area contributed by atoms with Gasteiger partial charge in [-0.1, -0.05) is 34.1 Å². The molecular formula is C21H18BrN5. The Balaban J connectivity index is 2.04. The van der Waals surface area contributed by atoms with Crippen molar-refractivity contribution in [2.45, 2.75) is 30.8 Å². The summed E-state index contributed by atoms with van der Waals surface area (Å²) in [6, 6.07) is 14.8. The van der Waals surface area contributed by atoms with Gasteiger partial charge in [0.1, 0.15) is 6.07 Å². The molecule has 2 bridgehead atoms. The summed E-state index contributed by atoms with van der Waals surface area (Å²) in [4.78, 5) is 2.32. The molecule has 2 N–H and O–H groups in total. The lowest BCUT2D eigenvalue weighted by atomic mass is 9.56. The lowest BCUT2D eigenvalue weighted by molar-refractivity contribution is 0.160. The minimum atomic E-state index is -1.56. The first kappa shape index (κ1) is 17.8. The monoisotopic (exact) mass is 419 g/mol. The number of halogens is 1. The summed E-state index contributed by atoms with van der Waals surface area (Å²) in [5.41, 5.74) is 7.01. The van der Waals surface area contributed by atoms with Crippen molar-refractivity contribution >= 4 is 15.9 Å². The topological polar surface area (TPSA) is 101 Å². The standard InChI is InChI=1S/C21H18BrN5/c1-27-14-6-7-17(27)18-15(8-14)16(9-23)20(26)21(10-24,11-25)19(18)12-2-4-13(22)5-3-12/h2-5,8,14,17-19H,6-7,26H2,1H3/t14-,17-,18+,19+/m1/s1. The van der Waals surface area contributed by atoms with Gasteiger partial charge in [-0.2, -0.15) is 15.8 Å². The van der Waals surface area contributed by atoms with E-state index >= 15 is 0 Å². The normalized spacial score (nSPS) is 31.3. The van der Waals surface area contributed by atoms with Gasteiger partial charge in [0.2, 0.25) is 0 Å². The van der Waals surface area contributed by atoms with Crippen LogP contribution in [-0.4, -0.2) is 24.0 Å². The van der Waals surface area contributed by atoms with Crippen LogP contribution in [0.5, 0.6) is 0 Å². The van der Waals surface area contributed by atoms with E-state index in [1.165, 1.54) is 0 Å². The third kappa shape index (κ3) is 2.29. The average molecular weight is 420 g/mol. The summed E-state index contributed by atoms with van der Waals surface area (Å²) < 4.78 is 0.931. The smallest absolute Gasteiger partial charge is 0.191 e. The summed E-state index contributed by atoms with van der Waals surface area (Å²) >= 11 is 3.45. The first-order valence-electron chi connectivity index (χ1n) is 8.90. The molecule has 0 aromatic heterocycles. The van der Waals surface area contributed by atoms with Gasteiger partial charge in [0.05, 0.1) is 23.4 Å². The second-order valence-corrected chi connectivity index (χ2v) is 8.40. The number of fused-ring (bicyclic) bond motifs is 4. The maximum atomic E-state index is 10.1. The number of hydrogen-bond acceptors (Lipinski definition) is 5. The minimum absolute atomic E-state index is 0.0920. The summed E-state index contributed by atoms with van der Waals surface area (Å²) in [6.45, 7) is 0. The van der Waals surface area contributed by atoms with E-state index in [1.807, 2.05) is 24.3 Å². The maximum Gasteiger partial charge on any atom is 0.191 e. The van der Waals surface area contributed by atoms with E-state index in [2.05, 4.69) is 52.2 Å². The highest BCUT2D eigenvalue weighted by atomic mass is 79.9. The SMILES string of the molecule is CN1[C@@H]2CC[C@@H]1C=C1C(C#N)=C(N)C(C#N)(C#N)[C@@H](c3ccc(Br)cc3)[C@@H]12. The van der Waals surface area contributed by atoms with Gasteiger partial charge in [0.15, 0.2) is 5.41 Å². The molecule has 0 amide bonds. The molecule has 2 aliphatic heterocycles. The van der Waals surface area contributed by atoms with Crippen LogP contribution in [0.15, 0.2) is 51.7 Å². The van der Waals surface area contributed by atoms with E-state index in [9.17, 15) is 15.8 Å². The Kier molecular flexibility index (Phi) is 4.11. The molecule has 1 fully saturated rings. The number of nitrogens with two attached hydrogens (primary N) is 1. The predicted molar refractivity (Wildman–Crippen MR) is 104 cm³/mol. The van der Waals surface area contributed by atoms with E-state index in [0.717, 1.165) is 28.5 Å². The van der Waals surface area contributed by atoms with Gasteiger partial charge in [-0.25, -0.2) is 0 Å². The van der Waals surface area contributed by atoms with Crippen molar-refractivity contribution in [3.05, 3.63) is 57.2 Å². The summed E-state index contributed by atoms with van der Waals surface area (Å²) in [7, 11) is 2.09. The summed E-state index contributed by atoms with van der Waals surface area (Å²) in [5, 5.41) is 30.0. The summed E-state index contributed by atoms with van der Waals surface area (Å²) in [5.74, 6) is -0.536. The average Bonchev–Trinajstić information content (AvgIpc) is 2.91. The second kappa shape index (κ2) is 6.24. The Morgan fingerprint density at radius 1 is 1.15 bits per heavy atom. The highest BCUT2D eigenvalue weighted by Crippen LogP contribution is 2.58. The molecule has 6 heteroatoms. The predicted octanol–water partition coefficient (Wildman–Crippen LogP) is 3.34. The lowest BCUT2D eigenvalue weighted by Gasteiger charge is -2.48. The number of likely N-dealkylation sites (N-methyl/N-ethyl adjacent to an activating group) is 1. The molecule has 1 aliphatic carbocycles. The van der Waals surface area contributed by atoms with E-state index in [0.29, 0.717) is 5.57 Å². The Morgan fingerprint density at radius 2 is 1.81 bits per heavy atom. The van der Waals surface area contributed by atoms with Crippen LogP contribution in [0.3, 0.4) is 0 Å². The number of benzene rings is 1. The van der Waals surface area contributed by atoms with Crippen LogP contribution in [0.2, 0.25) is 0 Å². The molecule has 1 aromatic carbocycles. The first-order chi connectivity index (χ1) is 13.0. The fourth-order valence-corrected chi connectivity index (χ4v) is 5.40. The van der Waals surface area contributed by atoms with E-state index in [-0.39, 0.29) is 23.7 Å². The molecule has 0 unspecified atom stereocenters. The third-order valence-electron chi connectivity index (χ3n) is 6.45. The molecule has 0 spiro atoms. The largest absolute Gasteiger partial charge is 0.399 e. The minimum Gasteiger partial charge on any atom is -0.399 e. The molecular weight excluding hydrogens is 402 g/mol. The molecule has 0 radical (unpaired) electrons. The molecule has 1 aromatic rings. The van der Waals surface area contributed by atoms with Crippen molar-refractivity contribution in [3.63, 3.8) is 0 Å². The van der Waals surface area contributed by atoms with Gasteiger partial charge in [-0.3, -0.25) is 4.90 Å². The van der Waals surface area contributed by atoms with Crippen LogP contribution in [0.25, 0.3) is 0 Å². The first-order valence-corrected chi connectivity index (χ1v) is 9.70. The highest BCUT2D eigenvalue weighted by molar-refractivity contribution is 9.10. The quantitative estimate of drug-likeness (QED) is 0.751. The number of nitriles is 3. The molecule has 2 heterocycles. The molecule has 27 heavy (non-hydrogen) atoms. The molecule has 3 aliphatic rings. The molecule has 134 valence electrons. The number of nitrogens with zero attached hydrogens (tertiary/aromatic N) is 4. The summed E-state index contributed by atoms with van der Waals surface area (Å²) in [6.07, 6.45) is 4.12. The van der Waals surface area contributed by atoms with Crippen molar-refractivity contribution in [2.24, 2.45) is 17.1 Å². The highest BCUT2D eigenvalue weighted by Gasteiger charge is 2.58. The second-order valence-electron chi connectivity index (χ2n) is 7.49. The van der Waals surface area contributed by atoms with Crippen LogP contribution in [-0.2, 0) is 0 Å². The van der Waals surface area contributed by atoms with Crippen molar-refractivity contribution < 1.29 is 0 Å². The van der Waals surface area contributed by atoms with Gasteiger partial charge in [-0.15, -0.1) is 0 Å². The zero-order valence-corrected chi connectivity index (χ0v) is 16.4. The third-order valence-corrected chi connectivity index (χ3v) is 6.98. The van der Waals surface area contributed by atoms with Crippen LogP contribution in [0.4, 0.5) is 0 Å². The molecule has 4 rings (SSSR count). The van der Waals surface area contributed by atoms with Gasteiger partial charge in [0.25, 0.3) is 0 Å². The van der Waals surface area contributed by atoms with Crippen LogP contribution in [0, 0.1) is 45.3 Å². The maximum absolute atomic E-state index is 10.1. The Labute approximate surface area is 167 Å². The van der Waals surface area contributed by atoms with Gasteiger partial charge >= 0.3 is 0 Å². The zero-order valence-electron chi connectivity index (χ0n) is 14.9. The number of hydrogen-bond donors (Lipinski definition) is 1. The van der Waals surface area contributed by atoms with Gasteiger partial charge in [0, 0.05) is 28.4 Å². The fourth-order valence-electron chi connectivity index (χ4n) is 5.13. The van der Waals surface area contributed by atoms with Crippen molar-refractivity contribution in [1.29, 1.82) is 15.8 Å².